The van der Waals surface area contributed by atoms with Gasteiger partial charge in [0.25, 0.3) is 0 Å². The molecule has 0 aliphatic rings. The Morgan fingerprint density at radius 1 is 0.931 bits per heavy atom. The van der Waals surface area contributed by atoms with Crippen LogP contribution in [-0.4, -0.2) is 52.5 Å². The normalized spacial score (nSPS) is 12.1. The van der Waals surface area contributed by atoms with Gasteiger partial charge in [0.2, 0.25) is 0 Å². The molecular formula is C23H34IN3O2. The fraction of sp³-hybridized carbons (Fsp3) is 0.435. The standard InChI is InChI=1S/C23H33N3O2.HI/c1-3-24-23(25-14-15-28-17-16-27-2)26-19-22(21-12-8-5-9-13-21)18-20-10-6-4-7-11-20;/h4-13,22H,3,14-19H2,1-2H3,(H2,24,25,26);1H. The highest BCUT2D eigenvalue weighted by molar-refractivity contribution is 14.0. The van der Waals surface area contributed by atoms with Gasteiger partial charge in [0, 0.05) is 32.7 Å². The molecule has 1 unspecified atom stereocenters. The molecule has 0 aliphatic carbocycles. The highest BCUT2D eigenvalue weighted by Crippen LogP contribution is 2.21. The molecule has 0 saturated heterocycles. The number of halogens is 1. The third kappa shape index (κ3) is 10.6. The SMILES string of the molecule is CCNC(=NCC(Cc1ccccc1)c1ccccc1)NCCOCCOC.I. The lowest BCUT2D eigenvalue weighted by atomic mass is 9.92. The maximum absolute atomic E-state index is 5.51. The molecule has 2 aromatic rings. The highest BCUT2D eigenvalue weighted by Gasteiger charge is 2.12. The Kier molecular flexibility index (Phi) is 14.2. The van der Waals surface area contributed by atoms with Crippen LogP contribution in [0.1, 0.15) is 24.0 Å². The third-order valence-electron chi connectivity index (χ3n) is 4.38. The van der Waals surface area contributed by atoms with E-state index in [1.165, 1.54) is 11.1 Å². The van der Waals surface area contributed by atoms with Gasteiger partial charge in [-0.05, 0) is 24.5 Å². The molecular weight excluding hydrogens is 477 g/mol. The highest BCUT2D eigenvalue weighted by atomic mass is 127. The van der Waals surface area contributed by atoms with Gasteiger partial charge in [-0.2, -0.15) is 0 Å². The quantitative estimate of drug-likeness (QED) is 0.197. The van der Waals surface area contributed by atoms with E-state index in [9.17, 15) is 0 Å². The summed E-state index contributed by atoms with van der Waals surface area (Å²) in [5.41, 5.74) is 2.64. The number of hydrogen-bond acceptors (Lipinski definition) is 3. The summed E-state index contributed by atoms with van der Waals surface area (Å²) in [6.45, 7) is 6.18. The minimum absolute atomic E-state index is 0. The number of nitrogens with zero attached hydrogens (tertiary/aromatic N) is 1. The van der Waals surface area contributed by atoms with Crippen LogP contribution in [0.5, 0.6) is 0 Å². The molecule has 0 aromatic heterocycles. The Bertz CT molecular complexity index is 668. The lowest BCUT2D eigenvalue weighted by Gasteiger charge is -2.17. The van der Waals surface area contributed by atoms with Crippen LogP contribution >= 0.6 is 24.0 Å². The van der Waals surface area contributed by atoms with Gasteiger partial charge in [-0.3, -0.25) is 4.99 Å². The van der Waals surface area contributed by atoms with Gasteiger partial charge in [-0.15, -0.1) is 24.0 Å². The average Bonchev–Trinajstić information content (AvgIpc) is 2.74. The summed E-state index contributed by atoms with van der Waals surface area (Å²) in [6.07, 6.45) is 0.966. The maximum atomic E-state index is 5.51. The first-order chi connectivity index (χ1) is 13.8. The second-order valence-corrected chi connectivity index (χ2v) is 6.55. The van der Waals surface area contributed by atoms with Crippen LogP contribution in [0.3, 0.4) is 0 Å². The summed E-state index contributed by atoms with van der Waals surface area (Å²) in [4.78, 5) is 4.83. The second-order valence-electron chi connectivity index (χ2n) is 6.55. The zero-order chi connectivity index (χ0) is 19.9. The van der Waals surface area contributed by atoms with E-state index in [4.69, 9.17) is 14.5 Å². The lowest BCUT2D eigenvalue weighted by Crippen LogP contribution is -2.39. The molecule has 1 atom stereocenters. The van der Waals surface area contributed by atoms with Crippen molar-refractivity contribution in [3.8, 4) is 0 Å². The van der Waals surface area contributed by atoms with Gasteiger partial charge >= 0.3 is 0 Å². The molecule has 0 fully saturated rings. The van der Waals surface area contributed by atoms with E-state index in [1.807, 2.05) is 0 Å². The van der Waals surface area contributed by atoms with Crippen LogP contribution in [0.4, 0.5) is 0 Å². The van der Waals surface area contributed by atoms with Gasteiger partial charge in [-0.25, -0.2) is 0 Å². The van der Waals surface area contributed by atoms with Crippen molar-refractivity contribution in [1.82, 2.24) is 10.6 Å². The minimum atomic E-state index is 0. The van der Waals surface area contributed by atoms with E-state index in [0.717, 1.165) is 25.5 Å². The Morgan fingerprint density at radius 2 is 1.62 bits per heavy atom. The number of hydrogen-bond donors (Lipinski definition) is 2. The third-order valence-corrected chi connectivity index (χ3v) is 4.38. The fourth-order valence-corrected chi connectivity index (χ4v) is 2.94. The lowest BCUT2D eigenvalue weighted by molar-refractivity contribution is 0.0733. The van der Waals surface area contributed by atoms with Crippen LogP contribution in [0.15, 0.2) is 65.7 Å². The van der Waals surface area contributed by atoms with Crippen molar-refractivity contribution in [3.05, 3.63) is 71.8 Å². The van der Waals surface area contributed by atoms with Crippen LogP contribution in [0, 0.1) is 0 Å². The van der Waals surface area contributed by atoms with E-state index in [0.29, 0.717) is 32.3 Å². The summed E-state index contributed by atoms with van der Waals surface area (Å²) in [7, 11) is 1.68. The predicted molar refractivity (Wildman–Crippen MR) is 131 cm³/mol. The molecule has 2 N–H and O–H groups in total. The van der Waals surface area contributed by atoms with Gasteiger partial charge in [0.15, 0.2) is 5.96 Å². The zero-order valence-corrected chi connectivity index (χ0v) is 19.8. The Balaban J connectivity index is 0.00000420. The van der Waals surface area contributed by atoms with E-state index >= 15 is 0 Å². The molecule has 5 nitrogen and oxygen atoms in total. The van der Waals surface area contributed by atoms with Crippen molar-refractivity contribution in [2.24, 2.45) is 4.99 Å². The van der Waals surface area contributed by atoms with Crippen LogP contribution < -0.4 is 10.6 Å². The first kappa shape index (κ1) is 25.4. The molecule has 0 amide bonds. The van der Waals surface area contributed by atoms with Gasteiger partial charge in [-0.1, -0.05) is 60.7 Å². The number of guanidine groups is 1. The van der Waals surface area contributed by atoms with E-state index in [1.54, 1.807) is 7.11 Å². The van der Waals surface area contributed by atoms with Gasteiger partial charge in [0.1, 0.15) is 0 Å². The maximum Gasteiger partial charge on any atom is 0.191 e. The van der Waals surface area contributed by atoms with Crippen molar-refractivity contribution in [3.63, 3.8) is 0 Å². The smallest absolute Gasteiger partial charge is 0.191 e. The number of rotatable bonds is 12. The summed E-state index contributed by atoms with van der Waals surface area (Å²) >= 11 is 0. The molecule has 0 bridgehead atoms. The van der Waals surface area contributed by atoms with Crippen molar-refractivity contribution in [2.45, 2.75) is 19.3 Å². The first-order valence-corrected chi connectivity index (χ1v) is 10.0. The number of ether oxygens (including phenoxy) is 2. The predicted octanol–water partition coefficient (Wildman–Crippen LogP) is 3.85. The van der Waals surface area contributed by atoms with Crippen molar-refractivity contribution >= 4 is 29.9 Å². The topological polar surface area (TPSA) is 54.9 Å². The molecule has 0 radical (unpaired) electrons. The van der Waals surface area contributed by atoms with E-state index in [-0.39, 0.29) is 24.0 Å². The molecule has 6 heteroatoms. The molecule has 0 heterocycles. The zero-order valence-electron chi connectivity index (χ0n) is 17.5. The van der Waals surface area contributed by atoms with Crippen LogP contribution in [0.2, 0.25) is 0 Å². The summed E-state index contributed by atoms with van der Waals surface area (Å²) < 4.78 is 10.5. The first-order valence-electron chi connectivity index (χ1n) is 10.0. The van der Waals surface area contributed by atoms with E-state index in [2.05, 4.69) is 78.2 Å². The Hall–Kier alpha value is -1.64. The van der Waals surface area contributed by atoms with Crippen molar-refractivity contribution in [2.75, 3.05) is 46.6 Å². The largest absolute Gasteiger partial charge is 0.382 e. The van der Waals surface area contributed by atoms with Crippen molar-refractivity contribution < 1.29 is 9.47 Å². The Labute approximate surface area is 192 Å². The van der Waals surface area contributed by atoms with Crippen LogP contribution in [0.25, 0.3) is 0 Å². The summed E-state index contributed by atoms with van der Waals surface area (Å²) in [5.74, 6) is 1.16. The molecule has 0 aliphatic heterocycles. The second kappa shape index (κ2) is 16.2. The Morgan fingerprint density at radius 3 is 2.28 bits per heavy atom. The average molecular weight is 511 g/mol. The summed E-state index contributed by atoms with van der Waals surface area (Å²) in [6, 6.07) is 21.2. The van der Waals surface area contributed by atoms with Crippen molar-refractivity contribution in [1.29, 1.82) is 0 Å². The molecule has 29 heavy (non-hydrogen) atoms. The number of benzene rings is 2. The minimum Gasteiger partial charge on any atom is -0.382 e. The molecule has 2 aromatic carbocycles. The molecule has 0 spiro atoms. The molecule has 160 valence electrons. The van der Waals surface area contributed by atoms with E-state index < -0.39 is 0 Å². The summed E-state index contributed by atoms with van der Waals surface area (Å²) in [5, 5.41) is 6.66. The number of aliphatic imine (C=N–C) groups is 1. The van der Waals surface area contributed by atoms with Gasteiger partial charge < -0.3 is 20.1 Å². The molecule has 0 saturated carbocycles. The van der Waals surface area contributed by atoms with Crippen LogP contribution in [-0.2, 0) is 15.9 Å². The number of methoxy groups -OCH3 is 1. The monoisotopic (exact) mass is 511 g/mol. The van der Waals surface area contributed by atoms with Gasteiger partial charge in [0.05, 0.1) is 19.8 Å². The fourth-order valence-electron chi connectivity index (χ4n) is 2.94. The molecule has 2 rings (SSSR count). The number of nitrogens with one attached hydrogen (secondary N) is 2.